The zero-order valence-electron chi connectivity index (χ0n) is 16.5. The van der Waals surface area contributed by atoms with Gasteiger partial charge >= 0.3 is 12.0 Å². The summed E-state index contributed by atoms with van der Waals surface area (Å²) in [4.78, 5) is 49.2. The van der Waals surface area contributed by atoms with Crippen LogP contribution in [0.3, 0.4) is 0 Å². The Bertz CT molecular complexity index is 747. The number of ether oxygens (including phenoxy) is 1. The molecule has 0 saturated carbocycles. The molecule has 1 aliphatic heterocycles. The molecular weight excluding hydrogens is 362 g/mol. The van der Waals surface area contributed by atoms with Gasteiger partial charge in [-0.2, -0.15) is 0 Å². The maximum Gasteiger partial charge on any atom is 0.325 e. The number of amides is 4. The second-order valence-electron chi connectivity index (χ2n) is 6.92. The first-order valence-corrected chi connectivity index (χ1v) is 9.38. The van der Waals surface area contributed by atoms with Crippen molar-refractivity contribution in [3.05, 3.63) is 35.4 Å². The molecule has 0 aromatic heterocycles. The van der Waals surface area contributed by atoms with E-state index in [1.54, 1.807) is 6.92 Å². The number of rotatable bonds is 9. The lowest BCUT2D eigenvalue weighted by Gasteiger charge is -2.22. The minimum atomic E-state index is -1.20. The molecule has 0 aliphatic carbocycles. The van der Waals surface area contributed by atoms with Crippen LogP contribution >= 0.6 is 0 Å². The first kappa shape index (κ1) is 21.4. The second-order valence-corrected chi connectivity index (χ2v) is 6.92. The summed E-state index contributed by atoms with van der Waals surface area (Å²) in [6.45, 7) is 3.62. The van der Waals surface area contributed by atoms with Crippen molar-refractivity contribution in [2.45, 2.75) is 45.1 Å². The highest BCUT2D eigenvalue weighted by Crippen LogP contribution is 2.29. The number of benzene rings is 1. The van der Waals surface area contributed by atoms with Gasteiger partial charge < -0.3 is 15.4 Å². The molecule has 152 valence electrons. The van der Waals surface area contributed by atoms with Crippen LogP contribution in [0.1, 0.15) is 44.2 Å². The molecule has 0 radical (unpaired) electrons. The van der Waals surface area contributed by atoms with Crippen LogP contribution in [-0.4, -0.2) is 48.9 Å². The standard InChI is InChI=1S/C20H27N3O5/c1-4-6-14-8-10-15(11-9-14)20(2)18(26)23(19(27)22-20)13-16(24)21-12-5-7-17(25)28-3/h8-11H,4-7,12-13H2,1-3H3,(H,21,24)(H,22,27). The molecule has 8 heteroatoms. The van der Waals surface area contributed by atoms with Crippen molar-refractivity contribution in [1.29, 1.82) is 0 Å². The van der Waals surface area contributed by atoms with Gasteiger partial charge in [-0.3, -0.25) is 19.3 Å². The van der Waals surface area contributed by atoms with E-state index in [1.165, 1.54) is 7.11 Å². The van der Waals surface area contributed by atoms with E-state index in [0.717, 1.165) is 23.3 Å². The van der Waals surface area contributed by atoms with Crippen molar-refractivity contribution in [2.24, 2.45) is 0 Å². The number of methoxy groups -OCH3 is 1. The van der Waals surface area contributed by atoms with E-state index in [1.807, 2.05) is 24.3 Å². The van der Waals surface area contributed by atoms with E-state index in [-0.39, 0.29) is 25.5 Å². The number of urea groups is 1. The average molecular weight is 389 g/mol. The molecule has 2 rings (SSSR count). The summed E-state index contributed by atoms with van der Waals surface area (Å²) in [6, 6.07) is 6.95. The van der Waals surface area contributed by atoms with Crippen LogP contribution in [0.5, 0.6) is 0 Å². The molecule has 4 amide bonds. The Morgan fingerprint density at radius 1 is 1.21 bits per heavy atom. The lowest BCUT2D eigenvalue weighted by atomic mass is 9.91. The average Bonchev–Trinajstić information content (AvgIpc) is 2.89. The summed E-state index contributed by atoms with van der Waals surface area (Å²) >= 11 is 0. The second kappa shape index (κ2) is 9.34. The maximum absolute atomic E-state index is 12.8. The minimum Gasteiger partial charge on any atom is -0.469 e. The predicted molar refractivity (Wildman–Crippen MR) is 102 cm³/mol. The van der Waals surface area contributed by atoms with Gasteiger partial charge in [-0.1, -0.05) is 37.6 Å². The monoisotopic (exact) mass is 389 g/mol. The molecule has 1 aliphatic rings. The molecule has 1 heterocycles. The van der Waals surface area contributed by atoms with E-state index in [4.69, 9.17) is 0 Å². The van der Waals surface area contributed by atoms with Crippen LogP contribution < -0.4 is 10.6 Å². The number of aryl methyl sites for hydroxylation is 1. The van der Waals surface area contributed by atoms with Crippen molar-refractivity contribution < 1.29 is 23.9 Å². The van der Waals surface area contributed by atoms with Gasteiger partial charge in [-0.15, -0.1) is 0 Å². The number of nitrogens with zero attached hydrogens (tertiary/aromatic N) is 1. The Kier molecular flexibility index (Phi) is 7.14. The van der Waals surface area contributed by atoms with Crippen LogP contribution in [0.2, 0.25) is 0 Å². The topological polar surface area (TPSA) is 105 Å². The maximum atomic E-state index is 12.8. The molecule has 1 atom stereocenters. The van der Waals surface area contributed by atoms with E-state index in [2.05, 4.69) is 22.3 Å². The number of carbonyl (C=O) groups is 4. The SMILES string of the molecule is CCCc1ccc(C2(C)NC(=O)N(CC(=O)NCCCC(=O)OC)C2=O)cc1. The summed E-state index contributed by atoms with van der Waals surface area (Å²) in [7, 11) is 1.30. The third-order valence-electron chi connectivity index (χ3n) is 4.75. The molecule has 28 heavy (non-hydrogen) atoms. The number of imide groups is 1. The number of hydrogen-bond acceptors (Lipinski definition) is 5. The predicted octanol–water partition coefficient (Wildman–Crippen LogP) is 1.48. The molecule has 8 nitrogen and oxygen atoms in total. The van der Waals surface area contributed by atoms with Crippen LogP contribution in [0.4, 0.5) is 4.79 Å². The van der Waals surface area contributed by atoms with E-state index in [9.17, 15) is 19.2 Å². The van der Waals surface area contributed by atoms with E-state index >= 15 is 0 Å². The van der Waals surface area contributed by atoms with Crippen molar-refractivity contribution >= 4 is 23.8 Å². The van der Waals surface area contributed by atoms with E-state index < -0.39 is 23.4 Å². The zero-order valence-corrected chi connectivity index (χ0v) is 16.5. The van der Waals surface area contributed by atoms with Gasteiger partial charge in [0.15, 0.2) is 0 Å². The first-order chi connectivity index (χ1) is 13.3. The molecular formula is C20H27N3O5. The van der Waals surface area contributed by atoms with Gasteiger partial charge in [0.05, 0.1) is 7.11 Å². The van der Waals surface area contributed by atoms with Gasteiger partial charge in [0.25, 0.3) is 5.91 Å². The number of nitrogens with one attached hydrogen (secondary N) is 2. The molecule has 1 aromatic rings. The highest BCUT2D eigenvalue weighted by Gasteiger charge is 2.49. The Hall–Kier alpha value is -2.90. The Labute approximate surface area is 164 Å². The van der Waals surface area contributed by atoms with Crippen LogP contribution in [0, 0.1) is 0 Å². The zero-order chi connectivity index (χ0) is 20.7. The molecule has 1 aromatic carbocycles. The van der Waals surface area contributed by atoms with Gasteiger partial charge in [-0.05, 0) is 30.9 Å². The Morgan fingerprint density at radius 3 is 2.50 bits per heavy atom. The fourth-order valence-corrected chi connectivity index (χ4v) is 3.09. The van der Waals surface area contributed by atoms with Gasteiger partial charge in [0.2, 0.25) is 5.91 Å². The van der Waals surface area contributed by atoms with Crippen LogP contribution in [-0.2, 0) is 31.1 Å². The number of carbonyl (C=O) groups excluding carboxylic acids is 4. The largest absolute Gasteiger partial charge is 0.469 e. The van der Waals surface area contributed by atoms with Gasteiger partial charge in [0, 0.05) is 13.0 Å². The van der Waals surface area contributed by atoms with Gasteiger partial charge in [0.1, 0.15) is 12.1 Å². The molecule has 0 spiro atoms. The fraction of sp³-hybridized carbons (Fsp3) is 0.500. The van der Waals surface area contributed by atoms with Crippen molar-refractivity contribution in [1.82, 2.24) is 15.5 Å². The quantitative estimate of drug-likeness (QED) is 0.378. The minimum absolute atomic E-state index is 0.187. The molecule has 1 fully saturated rings. The highest BCUT2D eigenvalue weighted by molar-refractivity contribution is 6.09. The Balaban J connectivity index is 1.96. The summed E-state index contributed by atoms with van der Waals surface area (Å²) in [5, 5.41) is 5.29. The molecule has 0 bridgehead atoms. The summed E-state index contributed by atoms with van der Waals surface area (Å²) in [5.74, 6) is -1.29. The molecule has 2 N–H and O–H groups in total. The lowest BCUT2D eigenvalue weighted by molar-refractivity contribution is -0.140. The normalized spacial score (nSPS) is 18.8. The highest BCUT2D eigenvalue weighted by atomic mass is 16.5. The van der Waals surface area contributed by atoms with E-state index in [0.29, 0.717) is 12.0 Å². The van der Waals surface area contributed by atoms with Crippen LogP contribution in [0.15, 0.2) is 24.3 Å². The fourth-order valence-electron chi connectivity index (χ4n) is 3.09. The van der Waals surface area contributed by atoms with Crippen molar-refractivity contribution in [3.63, 3.8) is 0 Å². The van der Waals surface area contributed by atoms with Crippen molar-refractivity contribution in [2.75, 3.05) is 20.2 Å². The number of esters is 1. The first-order valence-electron chi connectivity index (χ1n) is 9.38. The lowest BCUT2D eigenvalue weighted by Crippen LogP contribution is -2.43. The van der Waals surface area contributed by atoms with Gasteiger partial charge in [-0.25, -0.2) is 4.79 Å². The summed E-state index contributed by atoms with van der Waals surface area (Å²) in [5.41, 5.74) is 0.633. The smallest absolute Gasteiger partial charge is 0.325 e. The Morgan fingerprint density at radius 2 is 1.89 bits per heavy atom. The third-order valence-corrected chi connectivity index (χ3v) is 4.75. The summed E-state index contributed by atoms with van der Waals surface area (Å²) in [6.07, 6.45) is 2.57. The van der Waals surface area contributed by atoms with Crippen LogP contribution in [0.25, 0.3) is 0 Å². The molecule has 1 saturated heterocycles. The molecule has 1 unspecified atom stereocenters. The van der Waals surface area contributed by atoms with Crippen molar-refractivity contribution in [3.8, 4) is 0 Å². The third kappa shape index (κ3) is 4.88. The summed E-state index contributed by atoms with van der Waals surface area (Å²) < 4.78 is 4.52. The number of hydrogen-bond donors (Lipinski definition) is 2.